The average molecular weight is 583 g/mol. The maximum atomic E-state index is 5.28. The van der Waals surface area contributed by atoms with Crippen LogP contribution in [0.2, 0.25) is 0 Å². The first-order valence-electron chi connectivity index (χ1n) is 16.0. The Hall–Kier alpha value is -3.78. The van der Waals surface area contributed by atoms with E-state index in [9.17, 15) is 0 Å². The maximum Gasteiger partial charge on any atom is 0.0747 e. The number of nitrogens with zero attached hydrogens (tertiary/aromatic N) is 2. The van der Waals surface area contributed by atoms with E-state index in [0.29, 0.717) is 0 Å². The number of rotatable bonds is 0. The predicted octanol–water partition coefficient (Wildman–Crippen LogP) is 11.8. The van der Waals surface area contributed by atoms with E-state index in [1.165, 1.54) is 88.2 Å². The second kappa shape index (κ2) is 11.0. The number of aryl methyl sites for hydroxylation is 4. The van der Waals surface area contributed by atoms with Crippen LogP contribution in [-0.2, 0) is 10.8 Å². The van der Waals surface area contributed by atoms with Crippen molar-refractivity contribution in [2.45, 2.75) is 108 Å². The molecule has 4 aromatic carbocycles. The molecule has 0 saturated heterocycles. The van der Waals surface area contributed by atoms with Gasteiger partial charge in [0.25, 0.3) is 0 Å². The van der Waals surface area contributed by atoms with Crippen LogP contribution in [0, 0.1) is 55.4 Å². The molecular weight excluding hydrogens is 532 g/mol. The van der Waals surface area contributed by atoms with Gasteiger partial charge in [-0.15, -0.1) is 0 Å². The Morgan fingerprint density at radius 3 is 1.09 bits per heavy atom. The number of aromatic nitrogens is 2. The molecule has 0 saturated carbocycles. The number of para-hydroxylation sites is 2. The van der Waals surface area contributed by atoms with Gasteiger partial charge in [-0.1, -0.05) is 77.9 Å². The van der Waals surface area contributed by atoms with Gasteiger partial charge in [0, 0.05) is 21.5 Å². The summed E-state index contributed by atoms with van der Waals surface area (Å²) >= 11 is 0. The largest absolute Gasteiger partial charge is 0.248 e. The second-order valence-corrected chi connectivity index (χ2v) is 15.0. The van der Waals surface area contributed by atoms with E-state index in [4.69, 9.17) is 9.97 Å². The molecule has 0 radical (unpaired) electrons. The minimum atomic E-state index is 0.0528. The lowest BCUT2D eigenvalue weighted by atomic mass is 9.77. The summed E-state index contributed by atoms with van der Waals surface area (Å²) in [5.41, 5.74) is 18.5. The zero-order valence-electron chi connectivity index (χ0n) is 29.5. The van der Waals surface area contributed by atoms with E-state index in [2.05, 4.69) is 145 Å². The van der Waals surface area contributed by atoms with Crippen LogP contribution >= 0.6 is 0 Å². The molecule has 6 rings (SSSR count). The standard InChI is InChI=1S/C25H33N.C17H17N/c1-12-14(3)18(7)23-20(16(12)5)22(25(9,10)11)21-17(6)13(2)15(4)19(8)24(21)26-23;1-17(2,3)16-12-8-4-6-10-14(12)18-15-11-7-5-9-13(15)16/h1-11H3;4-11H,1-3H3. The molecule has 0 aliphatic heterocycles. The Bertz CT molecular complexity index is 1970. The normalized spacial score (nSPS) is 12.3. The fourth-order valence-corrected chi connectivity index (χ4v) is 7.11. The predicted molar refractivity (Wildman–Crippen MR) is 194 cm³/mol. The summed E-state index contributed by atoms with van der Waals surface area (Å²) < 4.78 is 0. The molecule has 2 heterocycles. The molecular formula is C42H50N2. The first-order chi connectivity index (χ1) is 20.5. The molecule has 0 aliphatic carbocycles. The van der Waals surface area contributed by atoms with Crippen molar-refractivity contribution in [1.29, 1.82) is 0 Å². The van der Waals surface area contributed by atoms with Gasteiger partial charge in [-0.2, -0.15) is 0 Å². The summed E-state index contributed by atoms with van der Waals surface area (Å²) in [4.78, 5) is 10.0. The highest BCUT2D eigenvalue weighted by Gasteiger charge is 2.27. The number of benzene rings is 4. The van der Waals surface area contributed by atoms with Crippen molar-refractivity contribution in [1.82, 2.24) is 9.97 Å². The van der Waals surface area contributed by atoms with Gasteiger partial charge in [-0.05, 0) is 134 Å². The molecule has 0 unspecified atom stereocenters. The maximum absolute atomic E-state index is 5.28. The van der Waals surface area contributed by atoms with Gasteiger partial charge in [0.1, 0.15) is 0 Å². The minimum Gasteiger partial charge on any atom is -0.248 e. The topological polar surface area (TPSA) is 25.8 Å². The molecule has 0 atom stereocenters. The van der Waals surface area contributed by atoms with Crippen LogP contribution in [0.15, 0.2) is 48.5 Å². The second-order valence-electron chi connectivity index (χ2n) is 15.0. The molecule has 0 fully saturated rings. The number of fused-ring (bicyclic) bond motifs is 4. The van der Waals surface area contributed by atoms with Gasteiger partial charge in [0.15, 0.2) is 0 Å². The third-order valence-electron chi connectivity index (χ3n) is 10.1. The van der Waals surface area contributed by atoms with E-state index in [0.717, 1.165) is 11.0 Å². The Labute approximate surface area is 264 Å². The first-order valence-corrected chi connectivity index (χ1v) is 16.0. The van der Waals surface area contributed by atoms with Crippen molar-refractivity contribution >= 4 is 43.6 Å². The fourth-order valence-electron chi connectivity index (χ4n) is 7.11. The zero-order chi connectivity index (χ0) is 32.5. The lowest BCUT2D eigenvalue weighted by Gasteiger charge is -2.29. The van der Waals surface area contributed by atoms with Crippen LogP contribution in [0.4, 0.5) is 0 Å². The Kier molecular flexibility index (Phi) is 7.90. The third-order valence-corrected chi connectivity index (χ3v) is 10.1. The smallest absolute Gasteiger partial charge is 0.0747 e. The van der Waals surface area contributed by atoms with Gasteiger partial charge in [0.2, 0.25) is 0 Å². The summed E-state index contributed by atoms with van der Waals surface area (Å²) in [5, 5.41) is 5.28. The van der Waals surface area contributed by atoms with Gasteiger partial charge in [-0.3, -0.25) is 0 Å². The van der Waals surface area contributed by atoms with Crippen molar-refractivity contribution in [3.8, 4) is 0 Å². The zero-order valence-corrected chi connectivity index (χ0v) is 29.5. The van der Waals surface area contributed by atoms with Gasteiger partial charge in [0.05, 0.1) is 22.1 Å². The highest BCUT2D eigenvalue weighted by atomic mass is 14.7. The highest BCUT2D eigenvalue weighted by molar-refractivity contribution is 6.05. The highest BCUT2D eigenvalue weighted by Crippen LogP contribution is 2.43. The summed E-state index contributed by atoms with van der Waals surface area (Å²) in [6.45, 7) is 31.8. The lowest BCUT2D eigenvalue weighted by Crippen LogP contribution is -2.16. The third kappa shape index (κ3) is 5.07. The molecule has 6 aromatic rings. The Morgan fingerprint density at radius 2 is 0.727 bits per heavy atom. The van der Waals surface area contributed by atoms with E-state index >= 15 is 0 Å². The molecule has 228 valence electrons. The number of hydrogen-bond acceptors (Lipinski definition) is 2. The number of hydrogen-bond donors (Lipinski definition) is 0. The molecule has 0 spiro atoms. The molecule has 0 N–H and O–H groups in total. The monoisotopic (exact) mass is 582 g/mol. The minimum absolute atomic E-state index is 0.0528. The summed E-state index contributed by atoms with van der Waals surface area (Å²) in [5.74, 6) is 0. The molecule has 0 bridgehead atoms. The van der Waals surface area contributed by atoms with Crippen molar-refractivity contribution in [2.75, 3.05) is 0 Å². The van der Waals surface area contributed by atoms with Gasteiger partial charge >= 0.3 is 0 Å². The quantitative estimate of drug-likeness (QED) is 0.166. The fraction of sp³-hybridized carbons (Fsp3) is 0.381. The lowest BCUT2D eigenvalue weighted by molar-refractivity contribution is 0.600. The molecule has 44 heavy (non-hydrogen) atoms. The van der Waals surface area contributed by atoms with Gasteiger partial charge in [-0.25, -0.2) is 9.97 Å². The van der Waals surface area contributed by atoms with Crippen LogP contribution in [0.5, 0.6) is 0 Å². The van der Waals surface area contributed by atoms with E-state index in [-0.39, 0.29) is 10.8 Å². The van der Waals surface area contributed by atoms with Crippen LogP contribution < -0.4 is 0 Å². The number of pyridine rings is 2. The van der Waals surface area contributed by atoms with Crippen molar-refractivity contribution in [2.24, 2.45) is 0 Å². The van der Waals surface area contributed by atoms with Crippen molar-refractivity contribution in [3.05, 3.63) is 104 Å². The molecule has 2 nitrogen and oxygen atoms in total. The Morgan fingerprint density at radius 1 is 0.386 bits per heavy atom. The van der Waals surface area contributed by atoms with Crippen LogP contribution in [0.1, 0.15) is 97.2 Å². The first kappa shape index (κ1) is 31.6. The molecule has 2 aromatic heterocycles. The summed E-state index contributed by atoms with van der Waals surface area (Å²) in [6, 6.07) is 16.8. The van der Waals surface area contributed by atoms with Crippen LogP contribution in [-0.4, -0.2) is 9.97 Å². The molecule has 0 aliphatic rings. The average Bonchev–Trinajstić information content (AvgIpc) is 2.97. The van der Waals surface area contributed by atoms with Crippen molar-refractivity contribution in [3.63, 3.8) is 0 Å². The molecule has 2 heteroatoms. The van der Waals surface area contributed by atoms with E-state index in [1.54, 1.807) is 0 Å². The Balaban J connectivity index is 0.000000186. The van der Waals surface area contributed by atoms with Crippen LogP contribution in [0.25, 0.3) is 43.6 Å². The SMILES string of the molecule is CC(C)(C)c1c2ccccc2nc2ccccc12.Cc1c(C)c(C)c2c(C(C)(C)C)c3c(C)c(C)c(C)c(C)c3nc2c1C. The van der Waals surface area contributed by atoms with Gasteiger partial charge < -0.3 is 0 Å². The summed E-state index contributed by atoms with van der Waals surface area (Å²) in [7, 11) is 0. The van der Waals surface area contributed by atoms with E-state index < -0.39 is 0 Å². The van der Waals surface area contributed by atoms with Crippen molar-refractivity contribution < 1.29 is 0 Å². The molecule has 0 amide bonds. The summed E-state index contributed by atoms with van der Waals surface area (Å²) in [6.07, 6.45) is 0. The van der Waals surface area contributed by atoms with Crippen LogP contribution in [0.3, 0.4) is 0 Å². The van der Waals surface area contributed by atoms with E-state index in [1.807, 2.05) is 0 Å².